The number of nitrogens with zero attached hydrogens (tertiary/aromatic N) is 1. The fourth-order valence-corrected chi connectivity index (χ4v) is 4.68. The average molecular weight is 392 g/mol. The Kier molecular flexibility index (Phi) is 4.56. The maximum atomic E-state index is 12.6. The molecule has 1 amide bonds. The molecule has 0 atom stereocenters. The number of sulfonamides is 1. The fourth-order valence-electron chi connectivity index (χ4n) is 3.19. The van der Waals surface area contributed by atoms with Gasteiger partial charge in [0, 0.05) is 25.7 Å². The number of hydrogen-bond acceptors (Lipinski definition) is 6. The molecule has 9 heteroatoms. The minimum atomic E-state index is -3.69. The van der Waals surface area contributed by atoms with E-state index in [0.29, 0.717) is 24.6 Å². The molecule has 0 unspecified atom stereocenters. The summed E-state index contributed by atoms with van der Waals surface area (Å²) < 4.78 is 42.5. The van der Waals surface area contributed by atoms with Gasteiger partial charge in [0.25, 0.3) is 15.9 Å². The summed E-state index contributed by atoms with van der Waals surface area (Å²) in [5.41, 5.74) is 1.06. The maximum Gasteiger partial charge on any atom is 0.276 e. The third kappa shape index (κ3) is 3.40. The second-order valence-electron chi connectivity index (χ2n) is 6.52. The van der Waals surface area contributed by atoms with Crippen molar-refractivity contribution < 1.29 is 27.1 Å². The first-order valence-electron chi connectivity index (χ1n) is 8.72. The average Bonchev–Trinajstić information content (AvgIpc) is 3.39. The molecule has 0 radical (unpaired) electrons. The van der Waals surface area contributed by atoms with Gasteiger partial charge in [0.2, 0.25) is 11.9 Å². The number of carbonyl (C=O) groups excluding carboxylic acids is 1. The standard InChI is InChI=1S/C18H20N2O6S/c1-12-14(9-17(26-12)27(22,23)20-6-2-3-7-20)18(21)19-10-13-4-5-15-16(8-13)25-11-24-15/h4-5,8-9H,2-3,6-7,10-11H2,1H3,(H,19,21). The molecule has 1 saturated heterocycles. The van der Waals surface area contributed by atoms with E-state index < -0.39 is 15.9 Å². The van der Waals surface area contributed by atoms with E-state index in [1.165, 1.54) is 10.4 Å². The van der Waals surface area contributed by atoms with Crippen LogP contribution in [0.15, 0.2) is 33.8 Å². The Balaban J connectivity index is 1.47. The van der Waals surface area contributed by atoms with Gasteiger partial charge in [0.05, 0.1) is 5.56 Å². The maximum absolute atomic E-state index is 12.6. The topological polar surface area (TPSA) is 98.1 Å². The molecule has 27 heavy (non-hydrogen) atoms. The minimum absolute atomic E-state index is 0.185. The minimum Gasteiger partial charge on any atom is -0.454 e. The number of furan rings is 1. The number of amides is 1. The molecule has 1 N–H and O–H groups in total. The van der Waals surface area contributed by atoms with Crippen LogP contribution in [0.2, 0.25) is 0 Å². The van der Waals surface area contributed by atoms with E-state index in [4.69, 9.17) is 13.9 Å². The summed E-state index contributed by atoms with van der Waals surface area (Å²) in [6, 6.07) is 6.72. The molecule has 2 aliphatic rings. The molecule has 0 saturated carbocycles. The Morgan fingerprint density at radius 1 is 1.15 bits per heavy atom. The highest BCUT2D eigenvalue weighted by molar-refractivity contribution is 7.89. The smallest absolute Gasteiger partial charge is 0.276 e. The summed E-state index contributed by atoms with van der Waals surface area (Å²) in [5, 5.41) is 2.59. The van der Waals surface area contributed by atoms with Crippen LogP contribution >= 0.6 is 0 Å². The zero-order chi connectivity index (χ0) is 19.0. The summed E-state index contributed by atoms with van der Waals surface area (Å²) in [6.45, 7) is 3.00. The van der Waals surface area contributed by atoms with E-state index >= 15 is 0 Å². The van der Waals surface area contributed by atoms with Crippen LogP contribution in [0.4, 0.5) is 0 Å². The number of nitrogens with one attached hydrogen (secondary N) is 1. The summed E-state index contributed by atoms with van der Waals surface area (Å²) in [7, 11) is -3.69. The highest BCUT2D eigenvalue weighted by Crippen LogP contribution is 2.32. The van der Waals surface area contributed by atoms with Gasteiger partial charge in [-0.1, -0.05) is 6.07 Å². The van der Waals surface area contributed by atoms with Crippen LogP contribution in [0.25, 0.3) is 0 Å². The molecular weight excluding hydrogens is 372 g/mol. The van der Waals surface area contributed by atoms with E-state index in [1.54, 1.807) is 19.1 Å². The number of rotatable bonds is 5. The number of benzene rings is 1. The first-order valence-corrected chi connectivity index (χ1v) is 10.2. The number of aryl methyl sites for hydroxylation is 1. The summed E-state index contributed by atoms with van der Waals surface area (Å²) in [5.74, 6) is 1.19. The Bertz CT molecular complexity index is 976. The predicted octanol–water partition coefficient (Wildman–Crippen LogP) is 2.03. The van der Waals surface area contributed by atoms with Crippen LogP contribution in [0.3, 0.4) is 0 Å². The van der Waals surface area contributed by atoms with Crippen molar-refractivity contribution >= 4 is 15.9 Å². The molecule has 144 valence electrons. The van der Waals surface area contributed by atoms with Crippen molar-refractivity contribution in [2.24, 2.45) is 0 Å². The molecule has 2 aromatic rings. The molecule has 0 bridgehead atoms. The van der Waals surface area contributed by atoms with Crippen LogP contribution in [0, 0.1) is 6.92 Å². The number of fused-ring (bicyclic) bond motifs is 1. The van der Waals surface area contributed by atoms with Crippen molar-refractivity contribution in [1.82, 2.24) is 9.62 Å². The molecule has 1 fully saturated rings. The van der Waals surface area contributed by atoms with E-state index in [2.05, 4.69) is 5.32 Å². The van der Waals surface area contributed by atoms with E-state index in [-0.39, 0.29) is 29.8 Å². The molecule has 1 aromatic carbocycles. The molecule has 0 spiro atoms. The van der Waals surface area contributed by atoms with Crippen molar-refractivity contribution in [1.29, 1.82) is 0 Å². The van der Waals surface area contributed by atoms with Crippen molar-refractivity contribution in [3.05, 3.63) is 41.2 Å². The molecule has 0 aliphatic carbocycles. The highest BCUT2D eigenvalue weighted by Gasteiger charge is 2.31. The number of carbonyl (C=O) groups is 1. The lowest BCUT2D eigenvalue weighted by molar-refractivity contribution is 0.0949. The lowest BCUT2D eigenvalue weighted by Crippen LogP contribution is -2.27. The van der Waals surface area contributed by atoms with Crippen LogP contribution < -0.4 is 14.8 Å². The third-order valence-electron chi connectivity index (χ3n) is 4.69. The zero-order valence-corrected chi connectivity index (χ0v) is 15.7. The van der Waals surface area contributed by atoms with Gasteiger partial charge in [-0.05, 0) is 37.5 Å². The first kappa shape index (κ1) is 17.9. The monoisotopic (exact) mass is 392 g/mol. The number of hydrogen-bond donors (Lipinski definition) is 1. The third-order valence-corrected chi connectivity index (χ3v) is 6.44. The fraction of sp³-hybridized carbons (Fsp3) is 0.389. The van der Waals surface area contributed by atoms with Gasteiger partial charge in [-0.25, -0.2) is 8.42 Å². The lowest BCUT2D eigenvalue weighted by Gasteiger charge is -2.12. The van der Waals surface area contributed by atoms with Crippen LogP contribution in [0.1, 0.15) is 34.5 Å². The second kappa shape index (κ2) is 6.90. The lowest BCUT2D eigenvalue weighted by atomic mass is 10.2. The Morgan fingerprint density at radius 2 is 1.89 bits per heavy atom. The van der Waals surface area contributed by atoms with Crippen molar-refractivity contribution in [2.45, 2.75) is 31.4 Å². The van der Waals surface area contributed by atoms with Gasteiger partial charge in [-0.2, -0.15) is 4.31 Å². The van der Waals surface area contributed by atoms with Crippen molar-refractivity contribution in [3.8, 4) is 11.5 Å². The Morgan fingerprint density at radius 3 is 2.67 bits per heavy atom. The van der Waals surface area contributed by atoms with Gasteiger partial charge < -0.3 is 19.2 Å². The largest absolute Gasteiger partial charge is 0.454 e. The summed E-state index contributed by atoms with van der Waals surface area (Å²) >= 11 is 0. The van der Waals surface area contributed by atoms with Crippen molar-refractivity contribution in [2.75, 3.05) is 19.9 Å². The number of ether oxygens (including phenoxy) is 2. The van der Waals surface area contributed by atoms with E-state index in [9.17, 15) is 13.2 Å². The van der Waals surface area contributed by atoms with Crippen LogP contribution in [0.5, 0.6) is 11.5 Å². The van der Waals surface area contributed by atoms with Gasteiger partial charge in [0.1, 0.15) is 5.76 Å². The zero-order valence-electron chi connectivity index (χ0n) is 14.9. The predicted molar refractivity (Wildman–Crippen MR) is 95.2 cm³/mol. The van der Waals surface area contributed by atoms with Gasteiger partial charge in [0.15, 0.2) is 11.5 Å². The van der Waals surface area contributed by atoms with E-state index in [1.807, 2.05) is 6.07 Å². The highest BCUT2D eigenvalue weighted by atomic mass is 32.2. The molecule has 8 nitrogen and oxygen atoms in total. The Labute approximate surface area is 157 Å². The molecule has 2 aliphatic heterocycles. The van der Waals surface area contributed by atoms with Crippen molar-refractivity contribution in [3.63, 3.8) is 0 Å². The molecule has 1 aromatic heterocycles. The Hall–Kier alpha value is -2.52. The molecular formula is C18H20N2O6S. The molecule has 4 rings (SSSR count). The van der Waals surface area contributed by atoms with Crippen LogP contribution in [-0.2, 0) is 16.6 Å². The second-order valence-corrected chi connectivity index (χ2v) is 8.39. The van der Waals surface area contributed by atoms with Gasteiger partial charge in [-0.3, -0.25) is 4.79 Å². The summed E-state index contributed by atoms with van der Waals surface area (Å²) in [4.78, 5) is 12.5. The quantitative estimate of drug-likeness (QED) is 0.836. The van der Waals surface area contributed by atoms with Gasteiger partial charge in [-0.15, -0.1) is 0 Å². The van der Waals surface area contributed by atoms with Gasteiger partial charge >= 0.3 is 0 Å². The van der Waals surface area contributed by atoms with Crippen LogP contribution in [-0.4, -0.2) is 38.5 Å². The van der Waals surface area contributed by atoms with E-state index in [0.717, 1.165) is 18.4 Å². The molecule has 3 heterocycles. The normalized spacial score (nSPS) is 16.6. The summed E-state index contributed by atoms with van der Waals surface area (Å²) in [6.07, 6.45) is 1.67. The SMILES string of the molecule is Cc1oc(S(=O)(=O)N2CCCC2)cc1C(=O)NCc1ccc2c(c1)OCO2. The first-order chi connectivity index (χ1) is 12.9.